The normalized spacial score (nSPS) is 13.5. The van der Waals surface area contributed by atoms with Crippen LogP contribution in [0.4, 0.5) is 0 Å². The van der Waals surface area contributed by atoms with Gasteiger partial charge in [-0.05, 0) is 36.0 Å². The van der Waals surface area contributed by atoms with Gasteiger partial charge in [-0.25, -0.2) is 0 Å². The minimum absolute atomic E-state index is 0.209. The van der Waals surface area contributed by atoms with E-state index < -0.39 is 0 Å². The van der Waals surface area contributed by atoms with Crippen LogP contribution in [0, 0.1) is 0 Å². The molecule has 1 atom stereocenters. The van der Waals surface area contributed by atoms with Crippen LogP contribution < -0.4 is 10.1 Å². The maximum atomic E-state index is 5.44. The van der Waals surface area contributed by atoms with Crippen LogP contribution in [0.5, 0.6) is 5.75 Å². The zero-order valence-electron chi connectivity index (χ0n) is 12.1. The quantitative estimate of drug-likeness (QED) is 0.901. The summed E-state index contributed by atoms with van der Waals surface area (Å²) in [5.41, 5.74) is 0.209. The van der Waals surface area contributed by atoms with Crippen molar-refractivity contribution in [2.75, 3.05) is 14.2 Å². The van der Waals surface area contributed by atoms with Gasteiger partial charge in [-0.15, -0.1) is 22.7 Å². The third kappa shape index (κ3) is 3.02. The van der Waals surface area contributed by atoms with E-state index in [9.17, 15) is 0 Å². The highest BCUT2D eigenvalue weighted by Crippen LogP contribution is 2.39. The summed E-state index contributed by atoms with van der Waals surface area (Å²) in [4.78, 5) is 4.00. The molecule has 2 aromatic heterocycles. The van der Waals surface area contributed by atoms with Crippen molar-refractivity contribution in [2.24, 2.45) is 0 Å². The molecule has 4 heteroatoms. The first-order valence-electron chi connectivity index (χ1n) is 6.36. The van der Waals surface area contributed by atoms with E-state index in [0.717, 1.165) is 5.75 Å². The van der Waals surface area contributed by atoms with Crippen molar-refractivity contribution in [2.45, 2.75) is 32.2 Å². The van der Waals surface area contributed by atoms with Gasteiger partial charge in [0.2, 0.25) is 0 Å². The van der Waals surface area contributed by atoms with Gasteiger partial charge in [0.15, 0.2) is 0 Å². The van der Waals surface area contributed by atoms with E-state index >= 15 is 0 Å². The molecular formula is C15H21NOS2. The highest BCUT2D eigenvalue weighted by atomic mass is 32.1. The van der Waals surface area contributed by atoms with E-state index in [0.29, 0.717) is 0 Å². The van der Waals surface area contributed by atoms with E-state index in [4.69, 9.17) is 4.74 Å². The van der Waals surface area contributed by atoms with Crippen LogP contribution in [-0.4, -0.2) is 14.2 Å². The minimum Gasteiger partial charge on any atom is -0.496 e. The van der Waals surface area contributed by atoms with Gasteiger partial charge in [-0.1, -0.05) is 20.8 Å². The molecule has 0 aliphatic heterocycles. The third-order valence-corrected chi connectivity index (χ3v) is 5.62. The first kappa shape index (κ1) is 14.6. The second-order valence-corrected chi connectivity index (χ2v) is 7.59. The maximum Gasteiger partial charge on any atom is 0.134 e. The lowest BCUT2D eigenvalue weighted by atomic mass is 9.95. The molecule has 2 heterocycles. The van der Waals surface area contributed by atoms with Crippen molar-refractivity contribution in [3.05, 3.63) is 38.2 Å². The molecule has 0 aromatic carbocycles. The molecule has 19 heavy (non-hydrogen) atoms. The van der Waals surface area contributed by atoms with Crippen molar-refractivity contribution in [3.8, 4) is 5.75 Å². The standard InChI is InChI=1S/C15H21NOS2/c1-15(2,3)12-7-6-11(19-12)13(16-4)14-10(17-5)8-9-18-14/h6-9,13,16H,1-5H3. The highest BCUT2D eigenvalue weighted by Gasteiger charge is 2.22. The van der Waals surface area contributed by atoms with Crippen LogP contribution >= 0.6 is 22.7 Å². The second kappa shape index (κ2) is 5.65. The highest BCUT2D eigenvalue weighted by molar-refractivity contribution is 7.13. The predicted molar refractivity (Wildman–Crippen MR) is 84.8 cm³/mol. The molecule has 0 spiro atoms. The van der Waals surface area contributed by atoms with Crippen molar-refractivity contribution in [1.29, 1.82) is 0 Å². The zero-order valence-corrected chi connectivity index (χ0v) is 13.7. The Kier molecular flexibility index (Phi) is 4.33. The fourth-order valence-corrected chi connectivity index (χ4v) is 4.25. The Balaban J connectivity index is 2.35. The Morgan fingerprint density at radius 3 is 2.47 bits per heavy atom. The number of ether oxygens (including phenoxy) is 1. The monoisotopic (exact) mass is 295 g/mol. The summed E-state index contributed by atoms with van der Waals surface area (Å²) in [5, 5.41) is 5.48. The largest absolute Gasteiger partial charge is 0.496 e. The van der Waals surface area contributed by atoms with Crippen molar-refractivity contribution in [1.82, 2.24) is 5.32 Å². The first-order valence-corrected chi connectivity index (χ1v) is 8.06. The average Bonchev–Trinajstić information content (AvgIpc) is 2.97. The van der Waals surface area contributed by atoms with E-state index in [-0.39, 0.29) is 11.5 Å². The second-order valence-electron chi connectivity index (χ2n) is 5.53. The number of methoxy groups -OCH3 is 1. The molecule has 0 saturated heterocycles. The Morgan fingerprint density at radius 1 is 1.21 bits per heavy atom. The van der Waals surface area contributed by atoms with Gasteiger partial charge in [-0.3, -0.25) is 0 Å². The van der Waals surface area contributed by atoms with Gasteiger partial charge in [0.1, 0.15) is 5.75 Å². The fraction of sp³-hybridized carbons (Fsp3) is 0.467. The van der Waals surface area contributed by atoms with E-state index in [1.807, 2.05) is 24.5 Å². The van der Waals surface area contributed by atoms with Gasteiger partial charge in [0.05, 0.1) is 18.0 Å². The van der Waals surface area contributed by atoms with Crippen molar-refractivity contribution >= 4 is 22.7 Å². The Bertz CT molecular complexity index is 536. The number of hydrogen-bond acceptors (Lipinski definition) is 4. The molecular weight excluding hydrogens is 274 g/mol. The smallest absolute Gasteiger partial charge is 0.134 e. The summed E-state index contributed by atoms with van der Waals surface area (Å²) >= 11 is 3.62. The molecule has 1 unspecified atom stereocenters. The molecule has 0 radical (unpaired) electrons. The fourth-order valence-electron chi connectivity index (χ4n) is 2.00. The van der Waals surface area contributed by atoms with Crippen LogP contribution in [0.2, 0.25) is 0 Å². The number of nitrogens with one attached hydrogen (secondary N) is 1. The lowest BCUT2D eigenvalue weighted by Crippen LogP contribution is -2.16. The summed E-state index contributed by atoms with van der Waals surface area (Å²) in [7, 11) is 3.73. The van der Waals surface area contributed by atoms with Crippen LogP contribution in [0.25, 0.3) is 0 Å². The van der Waals surface area contributed by atoms with Gasteiger partial charge in [0, 0.05) is 9.75 Å². The lowest BCUT2D eigenvalue weighted by molar-refractivity contribution is 0.409. The molecule has 0 aliphatic rings. The Morgan fingerprint density at radius 2 is 1.95 bits per heavy atom. The van der Waals surface area contributed by atoms with Gasteiger partial charge in [-0.2, -0.15) is 0 Å². The lowest BCUT2D eigenvalue weighted by Gasteiger charge is -2.17. The molecule has 2 nitrogen and oxygen atoms in total. The van der Waals surface area contributed by atoms with Gasteiger partial charge < -0.3 is 10.1 Å². The number of thiophene rings is 2. The summed E-state index contributed by atoms with van der Waals surface area (Å²) < 4.78 is 5.44. The van der Waals surface area contributed by atoms with Crippen LogP contribution in [0.3, 0.4) is 0 Å². The van der Waals surface area contributed by atoms with Crippen LogP contribution in [-0.2, 0) is 5.41 Å². The van der Waals surface area contributed by atoms with Gasteiger partial charge >= 0.3 is 0 Å². The molecule has 2 rings (SSSR count). The molecule has 104 valence electrons. The topological polar surface area (TPSA) is 21.3 Å². The molecule has 1 N–H and O–H groups in total. The van der Waals surface area contributed by atoms with Crippen molar-refractivity contribution < 1.29 is 4.74 Å². The Labute approximate surface area is 123 Å². The Hall–Kier alpha value is -0.840. The maximum absolute atomic E-state index is 5.44. The summed E-state index contributed by atoms with van der Waals surface area (Å²) in [5.74, 6) is 0.968. The minimum atomic E-state index is 0.209. The summed E-state index contributed by atoms with van der Waals surface area (Å²) in [6.45, 7) is 6.76. The van der Waals surface area contributed by atoms with Crippen molar-refractivity contribution in [3.63, 3.8) is 0 Å². The van der Waals surface area contributed by atoms with Crippen LogP contribution in [0.1, 0.15) is 41.4 Å². The number of rotatable bonds is 4. The first-order chi connectivity index (χ1) is 8.97. The molecule has 0 bridgehead atoms. The van der Waals surface area contributed by atoms with Gasteiger partial charge in [0.25, 0.3) is 0 Å². The van der Waals surface area contributed by atoms with E-state index in [1.165, 1.54) is 14.6 Å². The van der Waals surface area contributed by atoms with E-state index in [2.05, 4.69) is 43.6 Å². The predicted octanol–water partition coefficient (Wildman–Crippen LogP) is 4.42. The SMILES string of the molecule is CNC(c1ccc(C(C)(C)C)s1)c1sccc1OC. The summed E-state index contributed by atoms with van der Waals surface area (Å²) in [6, 6.07) is 6.72. The molecule has 0 amide bonds. The van der Waals surface area contributed by atoms with E-state index in [1.54, 1.807) is 18.4 Å². The molecule has 0 saturated carbocycles. The zero-order chi connectivity index (χ0) is 14.0. The number of hydrogen-bond donors (Lipinski definition) is 1. The molecule has 0 fully saturated rings. The molecule has 0 aliphatic carbocycles. The molecule has 2 aromatic rings. The average molecular weight is 295 g/mol. The summed E-state index contributed by atoms with van der Waals surface area (Å²) in [6.07, 6.45) is 0. The third-order valence-electron chi connectivity index (χ3n) is 3.08. The van der Waals surface area contributed by atoms with Crippen LogP contribution in [0.15, 0.2) is 23.6 Å².